The van der Waals surface area contributed by atoms with Gasteiger partial charge >= 0.3 is 26.2 Å². The summed E-state index contributed by atoms with van der Waals surface area (Å²) in [5, 5.41) is 0. The first-order valence-electron chi connectivity index (χ1n) is 5.16. The molecular formula is C12H18OZr. The van der Waals surface area contributed by atoms with Gasteiger partial charge in [0.05, 0.1) is 0 Å². The molecule has 0 aromatic carbocycles. The van der Waals surface area contributed by atoms with Crippen molar-refractivity contribution in [3.63, 3.8) is 0 Å². The molecule has 0 amide bonds. The molecule has 0 aromatic rings. The van der Waals surface area contributed by atoms with Crippen LogP contribution in [-0.4, -0.2) is 13.2 Å². The van der Waals surface area contributed by atoms with E-state index in [-0.39, 0.29) is 26.2 Å². The van der Waals surface area contributed by atoms with Crippen molar-refractivity contribution in [3.05, 3.63) is 23.3 Å². The Labute approximate surface area is 107 Å². The fraction of sp³-hybridized carbons (Fsp3) is 0.667. The zero-order chi connectivity index (χ0) is 9.52. The summed E-state index contributed by atoms with van der Waals surface area (Å²) in [6.45, 7) is 5.82. The molecule has 2 heteroatoms. The van der Waals surface area contributed by atoms with E-state index in [1.807, 2.05) is 0 Å². The Kier molecular flexibility index (Phi) is 8.82. The number of ether oxygens (including phenoxy) is 1. The van der Waals surface area contributed by atoms with Crippen LogP contribution in [0.4, 0.5) is 0 Å². The van der Waals surface area contributed by atoms with E-state index in [0.29, 0.717) is 0 Å². The molecule has 0 saturated carbocycles. The van der Waals surface area contributed by atoms with E-state index in [1.165, 1.54) is 11.1 Å². The van der Waals surface area contributed by atoms with Gasteiger partial charge < -0.3 is 28.0 Å². The minimum atomic E-state index is 0. The Bertz CT molecular complexity index is 184. The first kappa shape index (κ1) is 14.3. The zero-order valence-corrected chi connectivity index (χ0v) is 11.6. The molecule has 1 rings (SSSR count). The number of hydrogen-bond acceptors (Lipinski definition) is 1. The van der Waals surface area contributed by atoms with Gasteiger partial charge in [0, 0.05) is 0 Å². The van der Waals surface area contributed by atoms with Crippen LogP contribution in [0.1, 0.15) is 39.5 Å². The Hall–Kier alpha value is 0.323. The normalized spacial score (nSPS) is 21.6. The van der Waals surface area contributed by atoms with Crippen molar-refractivity contribution in [2.45, 2.75) is 39.5 Å². The van der Waals surface area contributed by atoms with Crippen molar-refractivity contribution < 1.29 is 30.9 Å². The van der Waals surface area contributed by atoms with Crippen LogP contribution in [0.3, 0.4) is 0 Å². The standard InChI is InChI=1S/C12H18O.Zr/c1-3-5-7-11-9-13-10-12(11)8-6-4-2;/h3-6,9-10H2,1-2H3;/q-2;+2. The maximum Gasteiger partial charge on any atom is 2.00 e. The molecule has 1 saturated heterocycles. The monoisotopic (exact) mass is 268 g/mol. The first-order valence-corrected chi connectivity index (χ1v) is 5.16. The molecule has 1 aliphatic heterocycles. The Morgan fingerprint density at radius 3 is 1.79 bits per heavy atom. The van der Waals surface area contributed by atoms with Gasteiger partial charge in [-0.3, -0.25) is 0 Å². The first-order chi connectivity index (χ1) is 6.38. The molecule has 0 atom stereocenters. The quantitative estimate of drug-likeness (QED) is 0.713. The van der Waals surface area contributed by atoms with Crippen molar-refractivity contribution in [2.24, 2.45) is 0 Å². The van der Waals surface area contributed by atoms with Gasteiger partial charge in [0.1, 0.15) is 0 Å². The van der Waals surface area contributed by atoms with Gasteiger partial charge in [-0.15, -0.1) is 12.8 Å². The summed E-state index contributed by atoms with van der Waals surface area (Å²) in [6, 6.07) is 0. The van der Waals surface area contributed by atoms with Crippen LogP contribution in [-0.2, 0) is 30.9 Å². The summed E-state index contributed by atoms with van der Waals surface area (Å²) in [5.74, 6) is 0. The Morgan fingerprint density at radius 2 is 1.43 bits per heavy atom. The van der Waals surface area contributed by atoms with E-state index in [1.54, 1.807) is 0 Å². The van der Waals surface area contributed by atoms with Crippen molar-refractivity contribution in [1.82, 2.24) is 0 Å². The zero-order valence-electron chi connectivity index (χ0n) is 9.15. The van der Waals surface area contributed by atoms with Crippen LogP contribution in [0.5, 0.6) is 0 Å². The molecule has 1 nitrogen and oxygen atoms in total. The SMILES string of the molecule is CCC[C-]=C1COCC1=[C-]CCC.[Zr+2]. The van der Waals surface area contributed by atoms with Crippen LogP contribution in [0.15, 0.2) is 11.1 Å². The number of unbranched alkanes of at least 4 members (excludes halogenated alkanes) is 2. The average Bonchev–Trinajstić information content (AvgIpc) is 2.59. The van der Waals surface area contributed by atoms with Gasteiger partial charge in [0.15, 0.2) is 0 Å². The minimum absolute atomic E-state index is 0. The molecular weight excluding hydrogens is 251 g/mol. The molecule has 0 aliphatic carbocycles. The summed E-state index contributed by atoms with van der Waals surface area (Å²) in [6.07, 6.45) is 11.2. The second kappa shape index (κ2) is 8.62. The van der Waals surface area contributed by atoms with Crippen LogP contribution in [0.25, 0.3) is 0 Å². The third kappa shape index (κ3) is 4.71. The summed E-state index contributed by atoms with van der Waals surface area (Å²) >= 11 is 0. The summed E-state index contributed by atoms with van der Waals surface area (Å²) in [7, 11) is 0. The molecule has 0 unspecified atom stereocenters. The second-order valence-electron chi connectivity index (χ2n) is 3.30. The van der Waals surface area contributed by atoms with Crippen LogP contribution in [0.2, 0.25) is 0 Å². The molecule has 1 fully saturated rings. The number of hydrogen-bond donors (Lipinski definition) is 0. The topological polar surface area (TPSA) is 9.23 Å². The molecule has 0 bridgehead atoms. The van der Waals surface area contributed by atoms with E-state index in [9.17, 15) is 0 Å². The fourth-order valence-electron chi connectivity index (χ4n) is 1.30. The third-order valence-electron chi connectivity index (χ3n) is 2.03. The van der Waals surface area contributed by atoms with Crippen LogP contribution >= 0.6 is 0 Å². The fourth-order valence-corrected chi connectivity index (χ4v) is 1.30. The van der Waals surface area contributed by atoms with Gasteiger partial charge in [-0.05, 0) is 13.2 Å². The second-order valence-corrected chi connectivity index (χ2v) is 3.30. The molecule has 0 spiro atoms. The third-order valence-corrected chi connectivity index (χ3v) is 2.03. The number of allylic oxidation sites excluding steroid dienone is 2. The minimum Gasteiger partial charge on any atom is -0.414 e. The Morgan fingerprint density at radius 1 is 1.00 bits per heavy atom. The van der Waals surface area contributed by atoms with E-state index in [4.69, 9.17) is 4.74 Å². The summed E-state index contributed by atoms with van der Waals surface area (Å²) in [5.41, 5.74) is 2.49. The van der Waals surface area contributed by atoms with Crippen molar-refractivity contribution >= 4 is 0 Å². The maximum atomic E-state index is 5.36. The predicted molar refractivity (Wildman–Crippen MR) is 54.1 cm³/mol. The van der Waals surface area contributed by atoms with Crippen molar-refractivity contribution in [2.75, 3.05) is 13.2 Å². The van der Waals surface area contributed by atoms with Crippen LogP contribution < -0.4 is 0 Å². The molecule has 1 heterocycles. The number of rotatable bonds is 4. The van der Waals surface area contributed by atoms with Gasteiger partial charge in [0.25, 0.3) is 0 Å². The maximum absolute atomic E-state index is 5.36. The van der Waals surface area contributed by atoms with Gasteiger partial charge in [-0.2, -0.15) is 0 Å². The van der Waals surface area contributed by atoms with E-state index in [0.717, 1.165) is 38.9 Å². The Balaban J connectivity index is 0.00000169. The van der Waals surface area contributed by atoms with E-state index >= 15 is 0 Å². The van der Waals surface area contributed by atoms with Crippen molar-refractivity contribution in [3.8, 4) is 0 Å². The summed E-state index contributed by atoms with van der Waals surface area (Å²) < 4.78 is 5.36. The molecule has 0 N–H and O–H groups in total. The average molecular weight is 269 g/mol. The van der Waals surface area contributed by atoms with Crippen molar-refractivity contribution in [1.29, 1.82) is 0 Å². The van der Waals surface area contributed by atoms with Gasteiger partial charge in [0.2, 0.25) is 0 Å². The molecule has 0 radical (unpaired) electrons. The molecule has 1 aliphatic rings. The summed E-state index contributed by atoms with van der Waals surface area (Å²) in [4.78, 5) is 0. The van der Waals surface area contributed by atoms with Gasteiger partial charge in [-0.25, -0.2) is 0 Å². The predicted octanol–water partition coefficient (Wildman–Crippen LogP) is 3.07. The molecule has 76 valence electrons. The smallest absolute Gasteiger partial charge is 0.414 e. The van der Waals surface area contributed by atoms with E-state index in [2.05, 4.69) is 26.0 Å². The molecule has 0 aromatic heterocycles. The molecule has 14 heavy (non-hydrogen) atoms. The van der Waals surface area contributed by atoms with E-state index < -0.39 is 0 Å². The van der Waals surface area contributed by atoms with Gasteiger partial charge in [-0.1, -0.05) is 26.7 Å². The van der Waals surface area contributed by atoms with Crippen LogP contribution in [0, 0.1) is 12.2 Å². The largest absolute Gasteiger partial charge is 2.00 e.